The monoisotopic (exact) mass is 558 g/mol. The number of aromatic amines is 1. The maximum absolute atomic E-state index is 12.5. The normalized spacial score (nSPS) is 37.9. The predicted octanol–water partition coefficient (Wildman–Crippen LogP) is 3.90. The molecule has 6 N–H and O–H groups in total. The summed E-state index contributed by atoms with van der Waals surface area (Å²) < 4.78 is 0. The summed E-state index contributed by atoms with van der Waals surface area (Å²) in [6.45, 7) is 7.53. The fraction of sp³-hybridized carbons (Fsp3) is 0.618. The Balaban J connectivity index is 1.38. The third-order valence-electron chi connectivity index (χ3n) is 11.2. The number of benzene rings is 1. The van der Waals surface area contributed by atoms with Crippen molar-refractivity contribution in [2.24, 2.45) is 34.1 Å². The van der Waals surface area contributed by atoms with Crippen molar-refractivity contribution in [3.05, 3.63) is 48.2 Å². The average Bonchev–Trinajstić information content (AvgIpc) is 3.48. The smallest absolute Gasteiger partial charge is 0.191 e. The summed E-state index contributed by atoms with van der Waals surface area (Å²) in [5.74, 6) is 8.12. The first-order valence-electron chi connectivity index (χ1n) is 15.5. The number of hydrogen-bond donors (Lipinski definition) is 6. The fourth-order valence-corrected chi connectivity index (χ4v) is 9.19. The summed E-state index contributed by atoms with van der Waals surface area (Å²) in [4.78, 5) is 7.97. The van der Waals surface area contributed by atoms with Crippen molar-refractivity contribution in [2.75, 3.05) is 20.2 Å². The Morgan fingerprint density at radius 1 is 1.17 bits per heavy atom. The van der Waals surface area contributed by atoms with Crippen molar-refractivity contribution in [3.8, 4) is 11.8 Å². The van der Waals surface area contributed by atoms with Gasteiger partial charge in [-0.05, 0) is 86.6 Å². The third-order valence-corrected chi connectivity index (χ3v) is 11.2. The van der Waals surface area contributed by atoms with E-state index in [0.717, 1.165) is 43.3 Å². The van der Waals surface area contributed by atoms with Crippen LogP contribution in [0.15, 0.2) is 47.5 Å². The maximum atomic E-state index is 12.5. The van der Waals surface area contributed by atoms with E-state index in [9.17, 15) is 15.3 Å². The highest BCUT2D eigenvalue weighted by atomic mass is 16.3. The summed E-state index contributed by atoms with van der Waals surface area (Å²) in [6, 6.07) is 10.3. The number of nitrogens with one attached hydrogen (secondary N) is 3. The van der Waals surface area contributed by atoms with Crippen LogP contribution in [0.3, 0.4) is 0 Å². The van der Waals surface area contributed by atoms with Crippen LogP contribution in [0.5, 0.6) is 0 Å². The number of aliphatic imine (C=N–C) groups is 1. The Kier molecular flexibility index (Phi) is 7.46. The highest BCUT2D eigenvalue weighted by molar-refractivity contribution is 5.81. The van der Waals surface area contributed by atoms with E-state index < -0.39 is 11.2 Å². The second-order valence-corrected chi connectivity index (χ2v) is 13.4. The van der Waals surface area contributed by atoms with E-state index in [1.54, 1.807) is 7.05 Å². The van der Waals surface area contributed by atoms with Crippen LogP contribution >= 0.6 is 0 Å². The van der Waals surface area contributed by atoms with E-state index in [1.807, 2.05) is 6.92 Å². The molecule has 4 fully saturated rings. The Labute approximate surface area is 243 Å². The first-order valence-corrected chi connectivity index (χ1v) is 15.5. The second kappa shape index (κ2) is 10.8. The number of guanidine groups is 1. The molecule has 4 bridgehead atoms. The number of aliphatic hydroxyl groups is 3. The molecule has 1 aromatic carbocycles. The number of H-pyrrole nitrogens is 1. The Morgan fingerprint density at radius 3 is 2.78 bits per heavy atom. The number of allylic oxidation sites excluding steroid dienone is 1. The van der Waals surface area contributed by atoms with Crippen LogP contribution in [0.2, 0.25) is 0 Å². The van der Waals surface area contributed by atoms with Gasteiger partial charge in [0.05, 0.1) is 17.2 Å². The zero-order valence-corrected chi connectivity index (χ0v) is 24.5. The van der Waals surface area contributed by atoms with Gasteiger partial charge < -0.3 is 30.9 Å². The van der Waals surface area contributed by atoms with Gasteiger partial charge in [0.2, 0.25) is 0 Å². The number of aromatic nitrogens is 1. The Morgan fingerprint density at radius 2 is 2.00 bits per heavy atom. The molecule has 7 rings (SSSR count). The average molecular weight is 559 g/mol. The molecule has 5 aliphatic carbocycles. The lowest BCUT2D eigenvalue weighted by atomic mass is 9.54. The van der Waals surface area contributed by atoms with Crippen molar-refractivity contribution in [1.29, 1.82) is 0 Å². The van der Waals surface area contributed by atoms with Gasteiger partial charge in [-0.3, -0.25) is 4.99 Å². The number of aliphatic hydroxyl groups excluding tert-OH is 1. The van der Waals surface area contributed by atoms with Crippen LogP contribution < -0.4 is 10.6 Å². The van der Waals surface area contributed by atoms with Gasteiger partial charge >= 0.3 is 0 Å². The van der Waals surface area contributed by atoms with Crippen LogP contribution in [0.4, 0.5) is 0 Å². The molecule has 4 saturated carbocycles. The van der Waals surface area contributed by atoms with Gasteiger partial charge in [-0.15, -0.1) is 5.92 Å². The van der Waals surface area contributed by atoms with Crippen molar-refractivity contribution in [2.45, 2.75) is 82.0 Å². The summed E-state index contributed by atoms with van der Waals surface area (Å²) in [6.07, 6.45) is 6.87. The molecule has 0 saturated heterocycles. The number of fused-ring (bicyclic) bond motifs is 2. The van der Waals surface area contributed by atoms with Gasteiger partial charge in [0, 0.05) is 56.1 Å². The molecule has 0 aliphatic heterocycles. The van der Waals surface area contributed by atoms with Crippen LogP contribution in [0, 0.1) is 40.9 Å². The zero-order chi connectivity index (χ0) is 28.8. The molecule has 0 spiro atoms. The summed E-state index contributed by atoms with van der Waals surface area (Å²) in [5.41, 5.74) is 1.42. The predicted molar refractivity (Wildman–Crippen MR) is 163 cm³/mol. The van der Waals surface area contributed by atoms with E-state index >= 15 is 0 Å². The van der Waals surface area contributed by atoms with E-state index in [4.69, 9.17) is 6.58 Å². The number of para-hydroxylation sites is 1. The van der Waals surface area contributed by atoms with Crippen molar-refractivity contribution >= 4 is 16.9 Å². The molecule has 7 nitrogen and oxygen atoms in total. The van der Waals surface area contributed by atoms with Gasteiger partial charge in [-0.1, -0.05) is 36.3 Å². The maximum Gasteiger partial charge on any atom is 0.191 e. The lowest BCUT2D eigenvalue weighted by Gasteiger charge is -2.50. The summed E-state index contributed by atoms with van der Waals surface area (Å²) >= 11 is 0. The molecule has 0 amide bonds. The van der Waals surface area contributed by atoms with E-state index in [2.05, 4.69) is 62.8 Å². The summed E-state index contributed by atoms with van der Waals surface area (Å²) in [5, 5.41) is 41.8. The standard InChI is InChI=1S/C34H46N4O3/c1-22(18-26-19-23-8-4-5-10-29(23)37-26)33-14-6-9-25(38-31(35-3)36-16-7-17-39)21-34(41)15-13-27-30(34)28(33)12-11-24(20-33)32(27,2)40/h4-5,8,10,19,24-25,27-28,30,37,39-41H,1,7,11-18,20-21H2,2-3H3,(H2,35,36,38)/t24-,25-,27+,28-,30-,32-,33-,34-/m1/s1. The fourth-order valence-electron chi connectivity index (χ4n) is 9.19. The third kappa shape index (κ3) is 4.88. The van der Waals surface area contributed by atoms with Gasteiger partial charge in [0.1, 0.15) is 0 Å². The molecule has 0 radical (unpaired) electrons. The van der Waals surface area contributed by atoms with Gasteiger partial charge in [0.25, 0.3) is 0 Å². The molecule has 0 unspecified atom stereocenters. The molecule has 220 valence electrons. The molecular weight excluding hydrogens is 512 g/mol. The number of nitrogens with zero attached hydrogens (tertiary/aromatic N) is 1. The molecule has 5 aliphatic rings. The first kappa shape index (κ1) is 28.3. The zero-order valence-electron chi connectivity index (χ0n) is 24.5. The molecule has 1 aromatic heterocycles. The second-order valence-electron chi connectivity index (χ2n) is 13.4. The van der Waals surface area contributed by atoms with Gasteiger partial charge in [0.15, 0.2) is 5.96 Å². The van der Waals surface area contributed by atoms with Crippen molar-refractivity contribution < 1.29 is 15.3 Å². The molecule has 7 heteroatoms. The van der Waals surface area contributed by atoms with Crippen LogP contribution in [-0.4, -0.2) is 63.7 Å². The minimum atomic E-state index is -0.939. The van der Waals surface area contributed by atoms with Crippen molar-refractivity contribution in [3.63, 3.8) is 0 Å². The lowest BCUT2D eigenvalue weighted by Crippen LogP contribution is -2.51. The van der Waals surface area contributed by atoms with E-state index in [0.29, 0.717) is 38.2 Å². The number of hydrogen-bond acceptors (Lipinski definition) is 4. The molecular formula is C34H46N4O3. The first-order chi connectivity index (χ1) is 19.7. The minimum Gasteiger partial charge on any atom is -0.396 e. The molecule has 8 atom stereocenters. The topological polar surface area (TPSA) is 113 Å². The Hall–Kier alpha value is -2.79. The van der Waals surface area contributed by atoms with Gasteiger partial charge in [-0.2, -0.15) is 0 Å². The molecule has 1 heterocycles. The molecule has 2 aromatic rings. The highest BCUT2D eigenvalue weighted by Gasteiger charge is 2.66. The van der Waals surface area contributed by atoms with Crippen LogP contribution in [0.1, 0.15) is 64.0 Å². The quantitative estimate of drug-likeness (QED) is 0.101. The Bertz CT molecular complexity index is 1350. The van der Waals surface area contributed by atoms with Gasteiger partial charge in [-0.25, -0.2) is 0 Å². The van der Waals surface area contributed by atoms with Crippen molar-refractivity contribution in [1.82, 2.24) is 15.6 Å². The summed E-state index contributed by atoms with van der Waals surface area (Å²) in [7, 11) is 1.73. The van der Waals surface area contributed by atoms with Crippen LogP contribution in [-0.2, 0) is 6.42 Å². The molecule has 41 heavy (non-hydrogen) atoms. The highest BCUT2D eigenvalue weighted by Crippen LogP contribution is 2.67. The minimum absolute atomic E-state index is 0.0279. The van der Waals surface area contributed by atoms with E-state index in [1.165, 1.54) is 11.0 Å². The van der Waals surface area contributed by atoms with Crippen LogP contribution in [0.25, 0.3) is 10.9 Å². The number of rotatable bonds is 7. The largest absolute Gasteiger partial charge is 0.396 e. The SMILES string of the molecule is C=C(Cc1cc2ccccc2[nH]1)[C@]12CC#C[C@@H](NC(=NC)NCCCO)C[C@]3(O)CC[C@H]4[C@@H]3[C@H]1CC[C@H](C2)[C@@]4(C)O. The van der Waals surface area contributed by atoms with E-state index in [-0.39, 0.29) is 41.7 Å². The lowest BCUT2D eigenvalue weighted by molar-refractivity contribution is -0.0887.